The molecule has 37 heavy (non-hydrogen) atoms. The maximum atomic E-state index is 13.3. The van der Waals surface area contributed by atoms with Gasteiger partial charge in [0.2, 0.25) is 0 Å². The lowest BCUT2D eigenvalue weighted by Gasteiger charge is -2.12. The van der Waals surface area contributed by atoms with Gasteiger partial charge in [0.25, 0.3) is 5.91 Å². The molecule has 0 unspecified atom stereocenters. The van der Waals surface area contributed by atoms with Gasteiger partial charge in [0.05, 0.1) is 18.3 Å². The summed E-state index contributed by atoms with van der Waals surface area (Å²) < 4.78 is 30.2. The summed E-state index contributed by atoms with van der Waals surface area (Å²) in [7, 11) is 1.51. The van der Waals surface area contributed by atoms with Crippen LogP contribution in [0, 0.1) is 5.82 Å². The number of carbonyl (C=O) groups is 1. The highest BCUT2D eigenvalue weighted by atomic mass is 35.5. The maximum absolute atomic E-state index is 13.3. The van der Waals surface area contributed by atoms with Gasteiger partial charge in [0.15, 0.2) is 11.5 Å². The second-order valence-electron chi connectivity index (χ2n) is 7.95. The molecule has 0 radical (unpaired) electrons. The summed E-state index contributed by atoms with van der Waals surface area (Å²) in [6.07, 6.45) is 1.47. The largest absolute Gasteiger partial charge is 0.493 e. The molecule has 0 heterocycles. The molecular formula is C29H24ClFN2O4. The molecule has 0 saturated heterocycles. The second kappa shape index (κ2) is 12.6. The number of benzene rings is 4. The van der Waals surface area contributed by atoms with E-state index in [1.165, 1.54) is 25.5 Å². The van der Waals surface area contributed by atoms with Crippen LogP contribution in [0.5, 0.6) is 17.2 Å². The Bertz CT molecular complexity index is 1400. The molecule has 1 N–H and O–H groups in total. The van der Waals surface area contributed by atoms with Crippen LogP contribution in [0.25, 0.3) is 0 Å². The van der Waals surface area contributed by atoms with E-state index in [0.717, 1.165) is 5.56 Å². The molecule has 6 nitrogen and oxygen atoms in total. The molecule has 0 fully saturated rings. The minimum atomic E-state index is -0.412. The number of carbonyl (C=O) groups excluding carboxylic acids is 1. The minimum absolute atomic E-state index is 0.181. The van der Waals surface area contributed by atoms with Crippen molar-refractivity contribution in [3.8, 4) is 17.2 Å². The van der Waals surface area contributed by atoms with E-state index in [-0.39, 0.29) is 12.4 Å². The normalized spacial score (nSPS) is 10.8. The van der Waals surface area contributed by atoms with Crippen molar-refractivity contribution in [3.63, 3.8) is 0 Å². The molecule has 0 spiro atoms. The molecule has 0 saturated carbocycles. The Kier molecular flexibility index (Phi) is 8.73. The SMILES string of the molecule is COc1cc(C(=O)N/N=C/c2ccc(OCc3cccc(F)c3)c(Cl)c2)ccc1OCc1ccccc1. The van der Waals surface area contributed by atoms with Crippen LogP contribution in [0.1, 0.15) is 27.0 Å². The summed E-state index contributed by atoms with van der Waals surface area (Å²) in [5, 5.41) is 4.37. The van der Waals surface area contributed by atoms with Crippen LogP contribution in [0.2, 0.25) is 5.02 Å². The number of amides is 1. The summed E-state index contributed by atoms with van der Waals surface area (Å²) in [4.78, 5) is 12.6. The Hall–Kier alpha value is -4.36. The van der Waals surface area contributed by atoms with E-state index in [9.17, 15) is 9.18 Å². The Morgan fingerprint density at radius 2 is 1.59 bits per heavy atom. The van der Waals surface area contributed by atoms with Crippen molar-refractivity contribution in [2.45, 2.75) is 13.2 Å². The standard InChI is InChI=1S/C29H24ClFN2O4/c1-35-28-16-23(11-13-27(28)37-18-20-6-3-2-4-7-20)29(34)33-32-17-21-10-12-26(25(30)15-21)36-19-22-8-5-9-24(31)14-22/h2-17H,18-19H2,1H3,(H,33,34)/b32-17+. The van der Waals surface area contributed by atoms with Gasteiger partial charge in [-0.05, 0) is 65.2 Å². The lowest BCUT2D eigenvalue weighted by atomic mass is 10.2. The fourth-order valence-electron chi connectivity index (χ4n) is 3.40. The molecule has 8 heteroatoms. The molecule has 4 rings (SSSR count). The first-order chi connectivity index (χ1) is 18.0. The maximum Gasteiger partial charge on any atom is 0.271 e. The average Bonchev–Trinajstić information content (AvgIpc) is 2.92. The number of rotatable bonds is 10. The van der Waals surface area contributed by atoms with E-state index in [0.29, 0.717) is 45.6 Å². The topological polar surface area (TPSA) is 69.2 Å². The van der Waals surface area contributed by atoms with Crippen LogP contribution in [0.4, 0.5) is 4.39 Å². The van der Waals surface area contributed by atoms with Crippen LogP contribution in [-0.2, 0) is 13.2 Å². The minimum Gasteiger partial charge on any atom is -0.493 e. The first-order valence-corrected chi connectivity index (χ1v) is 11.7. The third kappa shape index (κ3) is 7.32. The predicted octanol–water partition coefficient (Wildman–Crippen LogP) is 6.41. The molecule has 4 aromatic rings. The van der Waals surface area contributed by atoms with Crippen LogP contribution in [-0.4, -0.2) is 19.2 Å². The zero-order chi connectivity index (χ0) is 26.0. The summed E-state index contributed by atoms with van der Waals surface area (Å²) in [5.74, 6) is 0.680. The number of nitrogens with one attached hydrogen (secondary N) is 1. The fourth-order valence-corrected chi connectivity index (χ4v) is 3.64. The van der Waals surface area contributed by atoms with Gasteiger partial charge in [-0.15, -0.1) is 0 Å². The molecule has 0 aromatic heterocycles. The molecule has 188 valence electrons. The Labute approximate surface area is 219 Å². The second-order valence-corrected chi connectivity index (χ2v) is 8.35. The van der Waals surface area contributed by atoms with E-state index in [1.807, 2.05) is 30.3 Å². The van der Waals surface area contributed by atoms with Crippen LogP contribution >= 0.6 is 11.6 Å². The Morgan fingerprint density at radius 1 is 0.865 bits per heavy atom. The van der Waals surface area contributed by atoms with E-state index in [4.69, 9.17) is 25.8 Å². The number of halogens is 2. The monoisotopic (exact) mass is 518 g/mol. The zero-order valence-electron chi connectivity index (χ0n) is 20.0. The van der Waals surface area contributed by atoms with E-state index in [2.05, 4.69) is 10.5 Å². The number of hydrazone groups is 1. The highest BCUT2D eigenvalue weighted by molar-refractivity contribution is 6.32. The van der Waals surface area contributed by atoms with Gasteiger partial charge < -0.3 is 14.2 Å². The predicted molar refractivity (Wildman–Crippen MR) is 141 cm³/mol. The summed E-state index contributed by atoms with van der Waals surface area (Å²) >= 11 is 6.30. The molecule has 0 aliphatic carbocycles. The Morgan fingerprint density at radius 3 is 2.35 bits per heavy atom. The summed E-state index contributed by atoms with van der Waals surface area (Å²) in [6.45, 7) is 0.560. The van der Waals surface area contributed by atoms with Gasteiger partial charge in [0.1, 0.15) is 24.8 Å². The van der Waals surface area contributed by atoms with Gasteiger partial charge in [-0.3, -0.25) is 4.79 Å². The first-order valence-electron chi connectivity index (χ1n) is 11.4. The first kappa shape index (κ1) is 25.7. The van der Waals surface area contributed by atoms with Gasteiger partial charge in [0, 0.05) is 5.56 Å². The third-order valence-electron chi connectivity index (χ3n) is 5.28. The highest BCUT2D eigenvalue weighted by Crippen LogP contribution is 2.29. The smallest absolute Gasteiger partial charge is 0.271 e. The van der Waals surface area contributed by atoms with E-state index in [1.54, 1.807) is 48.5 Å². The highest BCUT2D eigenvalue weighted by Gasteiger charge is 2.11. The average molecular weight is 519 g/mol. The number of hydrogen-bond acceptors (Lipinski definition) is 5. The van der Waals surface area contributed by atoms with Crippen molar-refractivity contribution >= 4 is 23.7 Å². The third-order valence-corrected chi connectivity index (χ3v) is 5.58. The molecule has 0 aliphatic heterocycles. The number of hydrogen-bond donors (Lipinski definition) is 1. The van der Waals surface area contributed by atoms with Crippen LogP contribution < -0.4 is 19.6 Å². The van der Waals surface area contributed by atoms with Crippen molar-refractivity contribution in [2.24, 2.45) is 5.10 Å². The van der Waals surface area contributed by atoms with Crippen molar-refractivity contribution in [2.75, 3.05) is 7.11 Å². The van der Waals surface area contributed by atoms with Gasteiger partial charge >= 0.3 is 0 Å². The molecule has 1 amide bonds. The van der Waals surface area contributed by atoms with Crippen molar-refractivity contribution in [3.05, 3.63) is 124 Å². The van der Waals surface area contributed by atoms with Crippen molar-refractivity contribution < 1.29 is 23.4 Å². The van der Waals surface area contributed by atoms with E-state index < -0.39 is 5.91 Å². The summed E-state index contributed by atoms with van der Waals surface area (Å²) in [5.41, 5.74) is 5.22. The molecule has 4 aromatic carbocycles. The molecule has 0 atom stereocenters. The lowest BCUT2D eigenvalue weighted by Crippen LogP contribution is -2.17. The molecule has 0 aliphatic rings. The van der Waals surface area contributed by atoms with Crippen molar-refractivity contribution in [1.82, 2.24) is 5.43 Å². The number of nitrogens with zero attached hydrogens (tertiary/aromatic N) is 1. The quantitative estimate of drug-likeness (QED) is 0.194. The number of methoxy groups -OCH3 is 1. The van der Waals surface area contributed by atoms with Crippen LogP contribution in [0.15, 0.2) is 96.1 Å². The van der Waals surface area contributed by atoms with E-state index >= 15 is 0 Å². The summed E-state index contributed by atoms with van der Waals surface area (Å²) in [6, 6.07) is 25.9. The van der Waals surface area contributed by atoms with Gasteiger partial charge in [-0.1, -0.05) is 54.1 Å². The van der Waals surface area contributed by atoms with Gasteiger partial charge in [-0.25, -0.2) is 9.82 Å². The number of ether oxygens (including phenoxy) is 3. The lowest BCUT2D eigenvalue weighted by molar-refractivity contribution is 0.0954. The molecule has 0 bridgehead atoms. The molecular weight excluding hydrogens is 495 g/mol. The van der Waals surface area contributed by atoms with Crippen molar-refractivity contribution in [1.29, 1.82) is 0 Å². The Balaban J connectivity index is 1.33. The van der Waals surface area contributed by atoms with Crippen LogP contribution in [0.3, 0.4) is 0 Å². The zero-order valence-corrected chi connectivity index (χ0v) is 20.7. The fraction of sp³-hybridized carbons (Fsp3) is 0.103. The van der Waals surface area contributed by atoms with Gasteiger partial charge in [-0.2, -0.15) is 5.10 Å².